The van der Waals surface area contributed by atoms with Gasteiger partial charge in [-0.25, -0.2) is 9.97 Å². The van der Waals surface area contributed by atoms with E-state index in [-0.39, 0.29) is 0 Å². The van der Waals surface area contributed by atoms with Crippen LogP contribution in [0.2, 0.25) is 0 Å². The van der Waals surface area contributed by atoms with Gasteiger partial charge in [0.1, 0.15) is 11.6 Å². The number of aromatic nitrogens is 2. The molecule has 0 aliphatic carbocycles. The van der Waals surface area contributed by atoms with Crippen molar-refractivity contribution in [2.75, 3.05) is 10.6 Å². The molecule has 4 heteroatoms. The first-order chi connectivity index (χ1) is 15.4. The van der Waals surface area contributed by atoms with Crippen LogP contribution in [0.15, 0.2) is 72.8 Å². The number of pyridine rings is 2. The Morgan fingerprint density at radius 2 is 0.906 bits per heavy atom. The second-order valence-corrected chi connectivity index (χ2v) is 8.52. The van der Waals surface area contributed by atoms with Gasteiger partial charge in [0.05, 0.1) is 11.0 Å². The first-order valence-electron chi connectivity index (χ1n) is 10.8. The van der Waals surface area contributed by atoms with E-state index in [1.54, 1.807) is 0 Å². The summed E-state index contributed by atoms with van der Waals surface area (Å²) in [7, 11) is 0. The maximum absolute atomic E-state index is 4.77. The maximum atomic E-state index is 4.77. The molecule has 0 spiro atoms. The summed E-state index contributed by atoms with van der Waals surface area (Å²) >= 11 is 0. The van der Waals surface area contributed by atoms with Crippen molar-refractivity contribution in [3.63, 3.8) is 0 Å². The molecule has 2 heterocycles. The number of benzene rings is 3. The molecule has 0 amide bonds. The van der Waals surface area contributed by atoms with E-state index < -0.39 is 0 Å². The molecule has 32 heavy (non-hydrogen) atoms. The zero-order valence-corrected chi connectivity index (χ0v) is 18.8. The van der Waals surface area contributed by atoms with E-state index in [9.17, 15) is 0 Å². The van der Waals surface area contributed by atoms with Crippen molar-refractivity contribution in [1.29, 1.82) is 0 Å². The van der Waals surface area contributed by atoms with Crippen LogP contribution in [0.25, 0.3) is 21.8 Å². The summed E-state index contributed by atoms with van der Waals surface area (Å²) in [6.45, 7) is 8.47. The quantitative estimate of drug-likeness (QED) is 0.317. The highest BCUT2D eigenvalue weighted by Gasteiger charge is 2.06. The molecule has 0 radical (unpaired) electrons. The SMILES string of the molecule is Cc1ccc2nc(Nc3ccc(Nc4cc(C)c5cc(C)ccc5n4)cc3)cc(C)c2c1. The molecule has 0 bridgehead atoms. The maximum Gasteiger partial charge on any atom is 0.131 e. The van der Waals surface area contributed by atoms with Gasteiger partial charge in [-0.3, -0.25) is 0 Å². The van der Waals surface area contributed by atoms with Gasteiger partial charge in [-0.2, -0.15) is 0 Å². The predicted molar refractivity (Wildman–Crippen MR) is 135 cm³/mol. The van der Waals surface area contributed by atoms with Gasteiger partial charge in [-0.15, -0.1) is 0 Å². The van der Waals surface area contributed by atoms with Crippen LogP contribution in [0.1, 0.15) is 22.3 Å². The second-order valence-electron chi connectivity index (χ2n) is 8.52. The minimum Gasteiger partial charge on any atom is -0.340 e. The fourth-order valence-electron chi connectivity index (χ4n) is 4.08. The average molecular weight is 419 g/mol. The fourth-order valence-corrected chi connectivity index (χ4v) is 4.08. The number of nitrogens with zero attached hydrogens (tertiary/aromatic N) is 2. The average Bonchev–Trinajstić information content (AvgIpc) is 2.76. The first-order valence-corrected chi connectivity index (χ1v) is 10.8. The number of anilines is 4. The van der Waals surface area contributed by atoms with Crippen LogP contribution < -0.4 is 10.6 Å². The van der Waals surface area contributed by atoms with E-state index in [4.69, 9.17) is 9.97 Å². The molecule has 2 aromatic heterocycles. The Balaban J connectivity index is 1.36. The molecular weight excluding hydrogens is 392 g/mol. The predicted octanol–water partition coefficient (Wildman–Crippen LogP) is 7.50. The van der Waals surface area contributed by atoms with Crippen LogP contribution in [0.4, 0.5) is 23.0 Å². The standard InChI is InChI=1S/C28H26N4/c1-17-5-11-25-23(13-17)19(3)15-27(31-25)29-21-7-9-22(10-8-21)30-28-16-20(4)24-14-18(2)6-12-26(24)32-28/h5-16H,1-4H3,(H,29,31)(H,30,32). The summed E-state index contributed by atoms with van der Waals surface area (Å²) in [6, 6.07) is 25.1. The van der Waals surface area contributed by atoms with Gasteiger partial charge in [0, 0.05) is 22.1 Å². The molecule has 2 N–H and O–H groups in total. The number of rotatable bonds is 4. The van der Waals surface area contributed by atoms with Crippen LogP contribution in [-0.4, -0.2) is 9.97 Å². The Hall–Kier alpha value is -3.92. The van der Waals surface area contributed by atoms with E-state index in [1.807, 2.05) is 0 Å². The molecule has 0 saturated carbocycles. The van der Waals surface area contributed by atoms with Gasteiger partial charge >= 0.3 is 0 Å². The molecule has 5 aromatic rings. The van der Waals surface area contributed by atoms with Gasteiger partial charge < -0.3 is 10.6 Å². The van der Waals surface area contributed by atoms with Crippen molar-refractivity contribution < 1.29 is 0 Å². The summed E-state index contributed by atoms with van der Waals surface area (Å²) in [6.07, 6.45) is 0. The Morgan fingerprint density at radius 1 is 0.500 bits per heavy atom. The summed E-state index contributed by atoms with van der Waals surface area (Å²) in [5.74, 6) is 1.70. The number of nitrogens with one attached hydrogen (secondary N) is 2. The van der Waals surface area contributed by atoms with Crippen molar-refractivity contribution in [2.45, 2.75) is 27.7 Å². The third-order valence-electron chi connectivity index (χ3n) is 5.77. The van der Waals surface area contributed by atoms with Crippen molar-refractivity contribution in [2.24, 2.45) is 0 Å². The van der Waals surface area contributed by atoms with Crippen LogP contribution >= 0.6 is 0 Å². The monoisotopic (exact) mass is 418 g/mol. The highest BCUT2D eigenvalue weighted by atomic mass is 15.0. The van der Waals surface area contributed by atoms with E-state index in [0.717, 1.165) is 34.0 Å². The Morgan fingerprint density at radius 3 is 1.31 bits per heavy atom. The topological polar surface area (TPSA) is 49.8 Å². The van der Waals surface area contributed by atoms with Gasteiger partial charge in [0.15, 0.2) is 0 Å². The number of fused-ring (bicyclic) bond motifs is 2. The van der Waals surface area contributed by atoms with Gasteiger partial charge in [0.25, 0.3) is 0 Å². The second kappa shape index (κ2) is 7.97. The van der Waals surface area contributed by atoms with Crippen LogP contribution in [0.5, 0.6) is 0 Å². The molecule has 0 atom stereocenters. The highest BCUT2D eigenvalue weighted by Crippen LogP contribution is 2.26. The summed E-state index contributed by atoms with van der Waals surface area (Å²) in [5, 5.41) is 9.25. The number of hydrogen-bond donors (Lipinski definition) is 2. The Kier molecular flexibility index (Phi) is 4.98. The number of hydrogen-bond acceptors (Lipinski definition) is 4. The first kappa shape index (κ1) is 20.0. The minimum atomic E-state index is 0.849. The molecule has 0 unspecified atom stereocenters. The van der Waals surface area contributed by atoms with E-state index in [0.29, 0.717) is 0 Å². The van der Waals surface area contributed by atoms with Crippen LogP contribution in [0.3, 0.4) is 0 Å². The molecule has 0 fully saturated rings. The van der Waals surface area contributed by atoms with Gasteiger partial charge in [-0.05, 0) is 99.5 Å². The normalized spacial score (nSPS) is 11.1. The van der Waals surface area contributed by atoms with Crippen molar-refractivity contribution in [3.8, 4) is 0 Å². The third kappa shape index (κ3) is 4.00. The molecular formula is C28H26N4. The van der Waals surface area contributed by atoms with Crippen LogP contribution in [0, 0.1) is 27.7 Å². The largest absolute Gasteiger partial charge is 0.340 e. The van der Waals surface area contributed by atoms with Crippen LogP contribution in [-0.2, 0) is 0 Å². The van der Waals surface area contributed by atoms with Crippen molar-refractivity contribution >= 4 is 44.8 Å². The zero-order valence-electron chi connectivity index (χ0n) is 18.8. The van der Waals surface area contributed by atoms with E-state index >= 15 is 0 Å². The molecule has 0 saturated heterocycles. The molecule has 158 valence electrons. The summed E-state index contributed by atoms with van der Waals surface area (Å²) in [4.78, 5) is 9.54. The minimum absolute atomic E-state index is 0.849. The zero-order chi connectivity index (χ0) is 22.2. The molecule has 4 nitrogen and oxygen atoms in total. The molecule has 0 aliphatic heterocycles. The lowest BCUT2D eigenvalue weighted by atomic mass is 10.1. The third-order valence-corrected chi connectivity index (χ3v) is 5.77. The van der Waals surface area contributed by atoms with E-state index in [1.165, 1.54) is 33.0 Å². The fraction of sp³-hybridized carbons (Fsp3) is 0.143. The lowest BCUT2D eigenvalue weighted by Crippen LogP contribution is -1.98. The lowest BCUT2D eigenvalue weighted by Gasteiger charge is -2.12. The van der Waals surface area contributed by atoms with Crippen molar-refractivity contribution in [1.82, 2.24) is 9.97 Å². The Labute approximate surface area is 188 Å². The molecule has 5 rings (SSSR count). The number of aryl methyl sites for hydroxylation is 4. The van der Waals surface area contributed by atoms with E-state index in [2.05, 4.69) is 111 Å². The highest BCUT2D eigenvalue weighted by molar-refractivity contribution is 5.86. The smallest absolute Gasteiger partial charge is 0.131 e. The van der Waals surface area contributed by atoms with Gasteiger partial charge in [-0.1, -0.05) is 23.3 Å². The molecule has 3 aromatic carbocycles. The molecule has 0 aliphatic rings. The summed E-state index contributed by atoms with van der Waals surface area (Å²) in [5.41, 5.74) is 8.92. The van der Waals surface area contributed by atoms with Crippen molar-refractivity contribution in [3.05, 3.63) is 95.1 Å². The van der Waals surface area contributed by atoms with Gasteiger partial charge in [0.2, 0.25) is 0 Å². The Bertz CT molecular complexity index is 1340. The summed E-state index contributed by atoms with van der Waals surface area (Å²) < 4.78 is 0. The lowest BCUT2D eigenvalue weighted by molar-refractivity contribution is 1.32.